The minimum absolute atomic E-state index is 0.209. The van der Waals surface area contributed by atoms with E-state index in [9.17, 15) is 4.79 Å². The van der Waals surface area contributed by atoms with Gasteiger partial charge >= 0.3 is 0 Å². The number of primary amides is 1. The molecule has 0 aromatic carbocycles. The Hall–Kier alpha value is -1.01. The second kappa shape index (κ2) is 6.83. The molecule has 21 heavy (non-hydrogen) atoms. The summed E-state index contributed by atoms with van der Waals surface area (Å²) in [7, 11) is 0. The molecule has 118 valence electrons. The summed E-state index contributed by atoms with van der Waals surface area (Å²) >= 11 is 1.62. The summed E-state index contributed by atoms with van der Waals surface area (Å²) in [4.78, 5) is 16.3. The molecule has 1 heterocycles. The van der Waals surface area contributed by atoms with E-state index in [1.165, 1.54) is 0 Å². The zero-order chi connectivity index (χ0) is 15.5. The van der Waals surface area contributed by atoms with Gasteiger partial charge in [0.05, 0.1) is 5.69 Å². The van der Waals surface area contributed by atoms with Gasteiger partial charge in [-0.25, -0.2) is 4.98 Å². The fraction of sp³-hybridized carbons (Fsp3) is 0.733. The number of aryl methyl sites for hydroxylation is 2. The molecule has 1 aliphatic carbocycles. The monoisotopic (exact) mass is 311 g/mol. The number of likely N-dealkylation sites (N-methyl/N-ethyl adjacent to an activating group) is 1. The average molecular weight is 311 g/mol. The molecule has 1 fully saturated rings. The average Bonchev–Trinajstić information content (AvgIpc) is 2.96. The van der Waals surface area contributed by atoms with Crippen LogP contribution in [0.4, 0.5) is 0 Å². The van der Waals surface area contributed by atoms with Crippen LogP contribution in [0.15, 0.2) is 9.64 Å². The molecule has 0 spiro atoms. The summed E-state index contributed by atoms with van der Waals surface area (Å²) in [6.45, 7) is 6.66. The van der Waals surface area contributed by atoms with E-state index < -0.39 is 5.54 Å². The van der Waals surface area contributed by atoms with Gasteiger partial charge in [0.2, 0.25) is 5.91 Å². The molecule has 1 aliphatic rings. The molecule has 6 heteroatoms. The molecular formula is C15H25N3O2S. The molecule has 0 saturated heterocycles. The maximum absolute atomic E-state index is 11.9. The van der Waals surface area contributed by atoms with Crippen LogP contribution in [0.25, 0.3) is 0 Å². The fourth-order valence-corrected chi connectivity index (χ4v) is 4.18. The van der Waals surface area contributed by atoms with E-state index in [1.807, 2.05) is 20.8 Å². The molecular weight excluding hydrogens is 286 g/mol. The van der Waals surface area contributed by atoms with Crippen molar-refractivity contribution in [1.29, 1.82) is 0 Å². The summed E-state index contributed by atoms with van der Waals surface area (Å²) in [5, 5.41) is 4.07. The molecule has 0 radical (unpaired) electrons. The first-order valence-corrected chi connectivity index (χ1v) is 8.60. The molecule has 2 atom stereocenters. The largest absolute Gasteiger partial charge is 0.437 e. The number of hydrogen-bond donors (Lipinski definition) is 2. The van der Waals surface area contributed by atoms with Crippen molar-refractivity contribution in [3.05, 3.63) is 11.5 Å². The number of amides is 1. The van der Waals surface area contributed by atoms with E-state index in [1.54, 1.807) is 11.8 Å². The van der Waals surface area contributed by atoms with Gasteiger partial charge in [-0.15, -0.1) is 0 Å². The minimum atomic E-state index is -0.516. The fourth-order valence-electron chi connectivity index (χ4n) is 3.22. The minimum Gasteiger partial charge on any atom is -0.437 e. The van der Waals surface area contributed by atoms with E-state index in [0.717, 1.165) is 54.7 Å². The number of oxazole rings is 1. The van der Waals surface area contributed by atoms with Crippen molar-refractivity contribution in [2.24, 2.45) is 11.7 Å². The van der Waals surface area contributed by atoms with E-state index >= 15 is 0 Å². The zero-order valence-electron chi connectivity index (χ0n) is 13.1. The van der Waals surface area contributed by atoms with Crippen LogP contribution >= 0.6 is 11.8 Å². The lowest BCUT2D eigenvalue weighted by molar-refractivity contribution is -0.125. The first-order valence-electron chi connectivity index (χ1n) is 7.61. The summed E-state index contributed by atoms with van der Waals surface area (Å²) in [6.07, 6.45) is 3.91. The maximum atomic E-state index is 11.9. The molecule has 3 N–H and O–H groups in total. The molecule has 2 unspecified atom stereocenters. The molecule has 5 nitrogen and oxygen atoms in total. The van der Waals surface area contributed by atoms with Crippen LogP contribution in [0.5, 0.6) is 0 Å². The van der Waals surface area contributed by atoms with Crippen molar-refractivity contribution >= 4 is 17.7 Å². The highest BCUT2D eigenvalue weighted by atomic mass is 32.2. The van der Waals surface area contributed by atoms with Crippen molar-refractivity contribution in [3.63, 3.8) is 0 Å². The lowest BCUT2D eigenvalue weighted by Gasteiger charge is -2.33. The highest BCUT2D eigenvalue weighted by Crippen LogP contribution is 2.39. The Morgan fingerprint density at radius 2 is 2.33 bits per heavy atom. The number of nitrogens with two attached hydrogens (primary N) is 1. The summed E-state index contributed by atoms with van der Waals surface area (Å²) in [6, 6.07) is 0. The van der Waals surface area contributed by atoms with Gasteiger partial charge in [-0.2, -0.15) is 0 Å². The third kappa shape index (κ3) is 3.43. The van der Waals surface area contributed by atoms with Gasteiger partial charge in [0.15, 0.2) is 0 Å². The second-order valence-electron chi connectivity index (χ2n) is 5.71. The normalized spacial score (nSPS) is 25.4. The van der Waals surface area contributed by atoms with Crippen LogP contribution in [0.2, 0.25) is 0 Å². The van der Waals surface area contributed by atoms with E-state index in [0.29, 0.717) is 5.92 Å². The molecule has 0 aliphatic heterocycles. The quantitative estimate of drug-likeness (QED) is 0.756. The molecule has 1 saturated carbocycles. The number of hydrogen-bond acceptors (Lipinski definition) is 5. The Morgan fingerprint density at radius 1 is 1.57 bits per heavy atom. The van der Waals surface area contributed by atoms with Gasteiger partial charge in [-0.05, 0) is 45.6 Å². The van der Waals surface area contributed by atoms with Gasteiger partial charge < -0.3 is 15.5 Å². The number of nitrogens with zero attached hydrogens (tertiary/aromatic N) is 1. The third-order valence-corrected chi connectivity index (χ3v) is 5.31. The van der Waals surface area contributed by atoms with Crippen LogP contribution in [0, 0.1) is 19.8 Å². The van der Waals surface area contributed by atoms with E-state index in [4.69, 9.17) is 10.2 Å². The smallest absolute Gasteiger partial charge is 0.256 e. The van der Waals surface area contributed by atoms with Crippen molar-refractivity contribution in [1.82, 2.24) is 10.3 Å². The van der Waals surface area contributed by atoms with Crippen LogP contribution < -0.4 is 11.1 Å². The number of nitrogens with one attached hydrogen (secondary N) is 1. The Balaban J connectivity index is 1.93. The third-order valence-electron chi connectivity index (χ3n) is 4.45. The number of carbonyl (C=O) groups excluding carboxylic acids is 1. The van der Waals surface area contributed by atoms with Crippen LogP contribution in [-0.4, -0.2) is 28.7 Å². The molecule has 1 amide bonds. The Morgan fingerprint density at radius 3 is 2.90 bits per heavy atom. The first-order chi connectivity index (χ1) is 9.99. The Bertz CT molecular complexity index is 484. The lowest BCUT2D eigenvalue weighted by Crippen LogP contribution is -2.57. The van der Waals surface area contributed by atoms with Gasteiger partial charge in [-0.3, -0.25) is 4.79 Å². The molecule has 0 bridgehead atoms. The predicted octanol–water partition coefficient (Wildman–Crippen LogP) is 2.41. The molecule has 2 rings (SSSR count). The van der Waals surface area contributed by atoms with Crippen LogP contribution in [0.1, 0.15) is 44.1 Å². The van der Waals surface area contributed by atoms with Crippen LogP contribution in [0.3, 0.4) is 0 Å². The van der Waals surface area contributed by atoms with Gasteiger partial charge in [0, 0.05) is 5.75 Å². The number of rotatable bonds is 7. The van der Waals surface area contributed by atoms with E-state index in [2.05, 4.69) is 10.3 Å². The number of thioether (sulfide) groups is 1. The van der Waals surface area contributed by atoms with Gasteiger partial charge in [-0.1, -0.05) is 25.1 Å². The maximum Gasteiger partial charge on any atom is 0.256 e. The highest BCUT2D eigenvalue weighted by molar-refractivity contribution is 7.99. The summed E-state index contributed by atoms with van der Waals surface area (Å²) in [5.74, 6) is 1.86. The van der Waals surface area contributed by atoms with Gasteiger partial charge in [0.1, 0.15) is 11.3 Å². The Labute approximate surface area is 130 Å². The van der Waals surface area contributed by atoms with Gasteiger partial charge in [0.25, 0.3) is 5.22 Å². The van der Waals surface area contributed by atoms with Crippen molar-refractivity contribution in [2.75, 3.05) is 12.3 Å². The van der Waals surface area contributed by atoms with E-state index in [-0.39, 0.29) is 5.91 Å². The molecule has 1 aromatic rings. The number of carbonyl (C=O) groups is 1. The molecule has 1 aromatic heterocycles. The topological polar surface area (TPSA) is 81.1 Å². The van der Waals surface area contributed by atoms with Crippen LogP contribution in [-0.2, 0) is 4.79 Å². The van der Waals surface area contributed by atoms with Crippen molar-refractivity contribution < 1.29 is 9.21 Å². The first kappa shape index (κ1) is 16.4. The SMILES string of the molecule is CCNC1(C(N)=O)CCCC1CCSc1nc(C)c(C)o1. The zero-order valence-corrected chi connectivity index (χ0v) is 13.9. The predicted molar refractivity (Wildman–Crippen MR) is 84.3 cm³/mol. The second-order valence-corrected chi connectivity index (χ2v) is 6.76. The van der Waals surface area contributed by atoms with Crippen molar-refractivity contribution in [2.45, 2.75) is 57.2 Å². The Kier molecular flexibility index (Phi) is 5.32. The standard InChI is InChI=1S/C15H25N3O2S/c1-4-17-15(13(16)19)8-5-6-12(15)7-9-21-14-18-10(2)11(3)20-14/h12,17H,4-9H2,1-3H3,(H2,16,19). The van der Waals surface area contributed by atoms with Crippen molar-refractivity contribution in [3.8, 4) is 0 Å². The summed E-state index contributed by atoms with van der Waals surface area (Å²) < 4.78 is 5.57. The number of aromatic nitrogens is 1. The lowest BCUT2D eigenvalue weighted by atomic mass is 9.84. The highest BCUT2D eigenvalue weighted by Gasteiger charge is 2.46. The summed E-state index contributed by atoms with van der Waals surface area (Å²) in [5.41, 5.74) is 6.10.